The second kappa shape index (κ2) is 7.60. The van der Waals surface area contributed by atoms with Gasteiger partial charge in [-0.25, -0.2) is 4.39 Å². The minimum atomic E-state index is -0.348. The molecule has 2 aromatic rings. The van der Waals surface area contributed by atoms with Gasteiger partial charge >= 0.3 is 0 Å². The van der Waals surface area contributed by atoms with E-state index in [2.05, 4.69) is 26.6 Å². The molecule has 0 radical (unpaired) electrons. The summed E-state index contributed by atoms with van der Waals surface area (Å²) in [6.07, 6.45) is 1.01. The highest BCUT2D eigenvalue weighted by Crippen LogP contribution is 2.43. The number of halogens is 1. The molecule has 0 spiro atoms. The molecule has 1 amide bonds. The van der Waals surface area contributed by atoms with E-state index >= 15 is 0 Å². The Balaban J connectivity index is 1.54. The molecule has 150 valence electrons. The molecule has 5 heteroatoms. The molecular formula is C23H29FN2OS. The summed E-state index contributed by atoms with van der Waals surface area (Å²) in [4.78, 5) is 17.8. The lowest BCUT2D eigenvalue weighted by Gasteiger charge is -2.40. The van der Waals surface area contributed by atoms with Crippen LogP contribution in [0.3, 0.4) is 0 Å². The first-order valence-electron chi connectivity index (χ1n) is 10.1. The van der Waals surface area contributed by atoms with Gasteiger partial charge in [-0.15, -0.1) is 0 Å². The number of piperidine rings is 1. The number of thiophene rings is 1. The Morgan fingerprint density at radius 2 is 1.93 bits per heavy atom. The molecule has 0 saturated carbocycles. The average Bonchev–Trinajstić information content (AvgIpc) is 3.29. The van der Waals surface area contributed by atoms with Gasteiger partial charge in [0.25, 0.3) is 0 Å². The quantitative estimate of drug-likeness (QED) is 0.742. The number of fused-ring (bicyclic) bond motifs is 1. The Labute approximate surface area is 171 Å². The molecule has 28 heavy (non-hydrogen) atoms. The minimum Gasteiger partial charge on any atom is -0.338 e. The molecule has 1 aromatic carbocycles. The van der Waals surface area contributed by atoms with Crippen molar-refractivity contribution in [2.45, 2.75) is 45.7 Å². The monoisotopic (exact) mass is 400 g/mol. The van der Waals surface area contributed by atoms with Crippen LogP contribution in [0.25, 0.3) is 0 Å². The van der Waals surface area contributed by atoms with Gasteiger partial charge in [0.2, 0.25) is 5.91 Å². The fraction of sp³-hybridized carbons (Fsp3) is 0.522. The van der Waals surface area contributed by atoms with E-state index in [-0.39, 0.29) is 17.1 Å². The summed E-state index contributed by atoms with van der Waals surface area (Å²) in [5.74, 6) is 0.938. The van der Waals surface area contributed by atoms with Gasteiger partial charge in [0.1, 0.15) is 5.82 Å². The SMILES string of the molecule is CC(C)(C)C(=O)N1C[C@H](c2ccsc2)[C@H]2CN(Cc3ccc(F)cc3)CC[C@H]21. The first-order valence-corrected chi connectivity index (χ1v) is 11.1. The molecule has 2 fully saturated rings. The Hall–Kier alpha value is -1.72. The summed E-state index contributed by atoms with van der Waals surface area (Å²) < 4.78 is 13.2. The van der Waals surface area contributed by atoms with Gasteiger partial charge in [0.05, 0.1) is 0 Å². The number of carbonyl (C=O) groups is 1. The van der Waals surface area contributed by atoms with Crippen LogP contribution < -0.4 is 0 Å². The van der Waals surface area contributed by atoms with Gasteiger partial charge in [-0.2, -0.15) is 11.3 Å². The van der Waals surface area contributed by atoms with Gasteiger partial charge in [-0.3, -0.25) is 9.69 Å². The van der Waals surface area contributed by atoms with Crippen molar-refractivity contribution in [1.29, 1.82) is 0 Å². The lowest BCUT2D eigenvalue weighted by molar-refractivity contribution is -0.141. The zero-order valence-electron chi connectivity index (χ0n) is 16.9. The first-order chi connectivity index (χ1) is 13.3. The number of carbonyl (C=O) groups excluding carboxylic acids is 1. The largest absolute Gasteiger partial charge is 0.338 e. The second-order valence-electron chi connectivity index (χ2n) is 9.25. The molecule has 2 aliphatic rings. The first kappa shape index (κ1) is 19.6. The van der Waals surface area contributed by atoms with Crippen LogP contribution in [-0.4, -0.2) is 41.4 Å². The Bertz CT molecular complexity index is 812. The fourth-order valence-electron chi connectivity index (χ4n) is 4.80. The van der Waals surface area contributed by atoms with Crippen molar-refractivity contribution in [3.05, 3.63) is 58.0 Å². The molecule has 2 saturated heterocycles. The third kappa shape index (κ3) is 3.87. The van der Waals surface area contributed by atoms with Crippen molar-refractivity contribution in [3.8, 4) is 0 Å². The molecule has 1 aromatic heterocycles. The van der Waals surface area contributed by atoms with Crippen LogP contribution in [0.5, 0.6) is 0 Å². The van der Waals surface area contributed by atoms with E-state index in [1.807, 2.05) is 32.9 Å². The molecule has 4 rings (SSSR count). The highest BCUT2D eigenvalue weighted by atomic mass is 32.1. The Kier molecular flexibility index (Phi) is 5.32. The van der Waals surface area contributed by atoms with Crippen LogP contribution in [-0.2, 0) is 11.3 Å². The van der Waals surface area contributed by atoms with Gasteiger partial charge in [0, 0.05) is 49.5 Å². The lowest BCUT2D eigenvalue weighted by atomic mass is 9.82. The van der Waals surface area contributed by atoms with Crippen molar-refractivity contribution in [1.82, 2.24) is 9.80 Å². The summed E-state index contributed by atoms with van der Waals surface area (Å²) in [6, 6.07) is 9.37. The molecule has 3 atom stereocenters. The number of likely N-dealkylation sites (tertiary alicyclic amines) is 2. The number of amides is 1. The van der Waals surface area contributed by atoms with Gasteiger partial charge in [0.15, 0.2) is 0 Å². The van der Waals surface area contributed by atoms with Crippen LogP contribution in [0, 0.1) is 17.2 Å². The number of hydrogen-bond acceptors (Lipinski definition) is 3. The molecule has 0 aliphatic carbocycles. The molecule has 0 bridgehead atoms. The van der Waals surface area contributed by atoms with Gasteiger partial charge < -0.3 is 4.90 Å². The Morgan fingerprint density at radius 3 is 2.57 bits per heavy atom. The summed E-state index contributed by atoms with van der Waals surface area (Å²) in [7, 11) is 0. The van der Waals surface area contributed by atoms with Crippen LogP contribution in [0.15, 0.2) is 41.1 Å². The van der Waals surface area contributed by atoms with Crippen molar-refractivity contribution < 1.29 is 9.18 Å². The molecule has 0 N–H and O–H groups in total. The normalized spacial score (nSPS) is 25.7. The van der Waals surface area contributed by atoms with Crippen LogP contribution in [0.4, 0.5) is 4.39 Å². The van der Waals surface area contributed by atoms with Crippen molar-refractivity contribution in [2.75, 3.05) is 19.6 Å². The van der Waals surface area contributed by atoms with E-state index in [1.165, 1.54) is 17.7 Å². The third-order valence-electron chi connectivity index (χ3n) is 6.21. The van der Waals surface area contributed by atoms with Crippen molar-refractivity contribution in [2.24, 2.45) is 11.3 Å². The minimum absolute atomic E-state index is 0.188. The summed E-state index contributed by atoms with van der Waals surface area (Å²) in [6.45, 7) is 9.68. The van der Waals surface area contributed by atoms with Crippen LogP contribution in [0.1, 0.15) is 44.2 Å². The highest BCUT2D eigenvalue weighted by Gasteiger charge is 2.48. The van der Waals surface area contributed by atoms with E-state index in [1.54, 1.807) is 11.3 Å². The van der Waals surface area contributed by atoms with Crippen molar-refractivity contribution >= 4 is 17.2 Å². The molecule has 3 nitrogen and oxygen atoms in total. The number of benzene rings is 1. The Morgan fingerprint density at radius 1 is 1.18 bits per heavy atom. The fourth-order valence-corrected chi connectivity index (χ4v) is 5.52. The topological polar surface area (TPSA) is 23.6 Å². The lowest BCUT2D eigenvalue weighted by Crippen LogP contribution is -2.49. The van der Waals surface area contributed by atoms with Crippen molar-refractivity contribution in [3.63, 3.8) is 0 Å². The number of nitrogens with zero attached hydrogens (tertiary/aromatic N) is 2. The predicted molar refractivity (Wildman–Crippen MR) is 112 cm³/mol. The van der Waals surface area contributed by atoms with E-state index in [0.29, 0.717) is 17.9 Å². The standard InChI is InChI=1S/C23H29FN2OS/c1-23(2,3)22(27)26-14-19(17-9-11-28-15-17)20-13-25(10-8-21(20)26)12-16-4-6-18(24)7-5-16/h4-7,9,11,15,19-21H,8,10,12-14H2,1-3H3/t19-,20-,21-/m1/s1. The smallest absolute Gasteiger partial charge is 0.228 e. The molecular weight excluding hydrogens is 371 g/mol. The predicted octanol–water partition coefficient (Wildman–Crippen LogP) is 4.75. The zero-order valence-corrected chi connectivity index (χ0v) is 17.7. The maximum Gasteiger partial charge on any atom is 0.228 e. The summed E-state index contributed by atoms with van der Waals surface area (Å²) in [5, 5.41) is 4.38. The maximum atomic E-state index is 13.2. The van der Waals surface area contributed by atoms with Crippen LogP contribution in [0.2, 0.25) is 0 Å². The average molecular weight is 401 g/mol. The van der Waals surface area contributed by atoms with E-state index in [4.69, 9.17) is 0 Å². The van der Waals surface area contributed by atoms with E-state index < -0.39 is 0 Å². The summed E-state index contributed by atoms with van der Waals surface area (Å²) >= 11 is 1.73. The van der Waals surface area contributed by atoms with Gasteiger partial charge in [-0.1, -0.05) is 32.9 Å². The maximum absolute atomic E-state index is 13.2. The van der Waals surface area contributed by atoms with E-state index in [9.17, 15) is 9.18 Å². The number of rotatable bonds is 3. The third-order valence-corrected chi connectivity index (χ3v) is 6.91. The molecule has 2 aliphatic heterocycles. The van der Waals surface area contributed by atoms with Gasteiger partial charge in [-0.05, 0) is 46.5 Å². The second-order valence-corrected chi connectivity index (χ2v) is 10.0. The number of hydrogen-bond donors (Lipinski definition) is 0. The summed E-state index contributed by atoms with van der Waals surface area (Å²) in [5.41, 5.74) is 2.17. The zero-order chi connectivity index (χ0) is 19.9. The molecule has 0 unspecified atom stereocenters. The van der Waals surface area contributed by atoms with E-state index in [0.717, 1.165) is 38.2 Å². The molecule has 3 heterocycles. The highest BCUT2D eigenvalue weighted by molar-refractivity contribution is 7.08. The van der Waals surface area contributed by atoms with Crippen LogP contribution >= 0.6 is 11.3 Å².